The molecule has 0 unspecified atom stereocenters. The van der Waals surface area contributed by atoms with Crippen molar-refractivity contribution in [1.82, 2.24) is 14.8 Å². The molecule has 90 valence electrons. The van der Waals surface area contributed by atoms with Gasteiger partial charge in [-0.25, -0.2) is 9.67 Å². The summed E-state index contributed by atoms with van der Waals surface area (Å²) in [6.07, 6.45) is 10.5. The molecule has 0 atom stereocenters. The van der Waals surface area contributed by atoms with Crippen molar-refractivity contribution in [1.29, 1.82) is 0 Å². The maximum Gasteiger partial charge on any atom is 0.138 e. The molecule has 4 heteroatoms. The third-order valence-electron chi connectivity index (χ3n) is 3.46. The van der Waals surface area contributed by atoms with Gasteiger partial charge in [0.25, 0.3) is 0 Å². The number of nitrogens with zero attached hydrogens (tertiary/aromatic N) is 3. The normalized spacial score (nSPS) is 17.8. The van der Waals surface area contributed by atoms with Crippen LogP contribution in [-0.4, -0.2) is 21.3 Å². The molecule has 0 spiro atoms. The molecule has 0 radical (unpaired) electrons. The van der Waals surface area contributed by atoms with Gasteiger partial charge >= 0.3 is 0 Å². The first-order chi connectivity index (χ1) is 7.90. The van der Waals surface area contributed by atoms with E-state index in [-0.39, 0.29) is 0 Å². The van der Waals surface area contributed by atoms with Gasteiger partial charge in [0.1, 0.15) is 12.2 Å². The summed E-state index contributed by atoms with van der Waals surface area (Å²) in [5.74, 6) is 1.92. The highest BCUT2D eigenvalue weighted by atomic mass is 15.3. The Balaban J connectivity index is 1.89. The molecule has 0 saturated heterocycles. The summed E-state index contributed by atoms with van der Waals surface area (Å²) in [4.78, 5) is 4.32. The topological polar surface area (TPSA) is 56.7 Å². The smallest absolute Gasteiger partial charge is 0.138 e. The van der Waals surface area contributed by atoms with Crippen molar-refractivity contribution in [2.24, 2.45) is 11.7 Å². The quantitative estimate of drug-likeness (QED) is 0.825. The second-order valence-electron chi connectivity index (χ2n) is 4.75. The van der Waals surface area contributed by atoms with Crippen LogP contribution < -0.4 is 5.73 Å². The molecule has 2 rings (SSSR count). The minimum Gasteiger partial charge on any atom is -0.330 e. The molecular formula is C12H22N4. The summed E-state index contributed by atoms with van der Waals surface area (Å²) in [6, 6.07) is 0. The highest BCUT2D eigenvalue weighted by Crippen LogP contribution is 2.25. The van der Waals surface area contributed by atoms with Crippen molar-refractivity contribution in [2.45, 2.75) is 51.5 Å². The highest BCUT2D eigenvalue weighted by molar-refractivity contribution is 4.85. The zero-order valence-electron chi connectivity index (χ0n) is 9.94. The Bertz CT molecular complexity index is 302. The summed E-state index contributed by atoms with van der Waals surface area (Å²) in [7, 11) is 0. The summed E-state index contributed by atoms with van der Waals surface area (Å²) in [6.45, 7) is 1.79. The first-order valence-corrected chi connectivity index (χ1v) is 6.47. The molecule has 0 amide bonds. The molecule has 0 bridgehead atoms. The van der Waals surface area contributed by atoms with Crippen LogP contribution in [0.4, 0.5) is 0 Å². The van der Waals surface area contributed by atoms with E-state index in [0.717, 1.165) is 37.7 Å². The van der Waals surface area contributed by atoms with Crippen LogP contribution >= 0.6 is 0 Å². The monoisotopic (exact) mass is 222 g/mol. The van der Waals surface area contributed by atoms with Crippen molar-refractivity contribution in [3.8, 4) is 0 Å². The molecule has 2 N–H and O–H groups in total. The van der Waals surface area contributed by atoms with Crippen LogP contribution in [0.15, 0.2) is 6.33 Å². The molecule has 1 aromatic rings. The molecule has 1 aromatic heterocycles. The van der Waals surface area contributed by atoms with Crippen molar-refractivity contribution in [2.75, 3.05) is 6.54 Å². The maximum atomic E-state index is 5.52. The third kappa shape index (κ3) is 3.04. The number of aromatic nitrogens is 3. The predicted octanol–water partition coefficient (Wildman–Crippen LogP) is 1.75. The lowest BCUT2D eigenvalue weighted by molar-refractivity contribution is 0.303. The van der Waals surface area contributed by atoms with E-state index in [1.54, 1.807) is 6.33 Å². The summed E-state index contributed by atoms with van der Waals surface area (Å²) in [5.41, 5.74) is 5.52. The van der Waals surface area contributed by atoms with E-state index in [0.29, 0.717) is 0 Å². The molecule has 1 heterocycles. The Morgan fingerprint density at radius 1 is 1.31 bits per heavy atom. The molecule has 0 aliphatic heterocycles. The summed E-state index contributed by atoms with van der Waals surface area (Å²) < 4.78 is 2.09. The minimum atomic E-state index is 0.732. The molecular weight excluding hydrogens is 200 g/mol. The molecule has 1 fully saturated rings. The van der Waals surface area contributed by atoms with Gasteiger partial charge in [0, 0.05) is 13.0 Å². The Morgan fingerprint density at radius 2 is 2.12 bits per heavy atom. The number of rotatable bonds is 5. The number of hydrogen-bond acceptors (Lipinski definition) is 3. The van der Waals surface area contributed by atoms with Gasteiger partial charge in [-0.1, -0.05) is 19.3 Å². The van der Waals surface area contributed by atoms with Crippen molar-refractivity contribution >= 4 is 0 Å². The van der Waals surface area contributed by atoms with Crippen LogP contribution in [0.2, 0.25) is 0 Å². The van der Waals surface area contributed by atoms with Gasteiger partial charge in [-0.05, 0) is 31.7 Å². The molecule has 4 nitrogen and oxygen atoms in total. The third-order valence-corrected chi connectivity index (χ3v) is 3.46. The van der Waals surface area contributed by atoms with Gasteiger partial charge in [-0.3, -0.25) is 0 Å². The van der Waals surface area contributed by atoms with Gasteiger partial charge in [0.15, 0.2) is 0 Å². The van der Waals surface area contributed by atoms with E-state index < -0.39 is 0 Å². The van der Waals surface area contributed by atoms with E-state index >= 15 is 0 Å². The zero-order valence-corrected chi connectivity index (χ0v) is 9.94. The van der Waals surface area contributed by atoms with Crippen LogP contribution in [0.25, 0.3) is 0 Å². The van der Waals surface area contributed by atoms with Gasteiger partial charge in [0.05, 0.1) is 0 Å². The average Bonchev–Trinajstić information content (AvgIpc) is 2.75. The van der Waals surface area contributed by atoms with E-state index in [9.17, 15) is 0 Å². The van der Waals surface area contributed by atoms with Gasteiger partial charge in [0.2, 0.25) is 0 Å². The summed E-state index contributed by atoms with van der Waals surface area (Å²) in [5, 5.41) is 4.33. The fourth-order valence-electron chi connectivity index (χ4n) is 2.51. The number of hydrogen-bond donors (Lipinski definition) is 1. The van der Waals surface area contributed by atoms with Crippen LogP contribution in [0.3, 0.4) is 0 Å². The molecule has 1 aliphatic rings. The van der Waals surface area contributed by atoms with E-state index in [1.807, 2.05) is 0 Å². The van der Waals surface area contributed by atoms with Gasteiger partial charge in [-0.2, -0.15) is 5.10 Å². The van der Waals surface area contributed by atoms with Crippen LogP contribution in [0, 0.1) is 5.92 Å². The highest BCUT2D eigenvalue weighted by Gasteiger charge is 2.15. The molecule has 16 heavy (non-hydrogen) atoms. The second-order valence-corrected chi connectivity index (χ2v) is 4.75. The van der Waals surface area contributed by atoms with E-state index in [4.69, 9.17) is 5.73 Å². The minimum absolute atomic E-state index is 0.732. The lowest BCUT2D eigenvalue weighted by Crippen LogP contribution is -2.17. The van der Waals surface area contributed by atoms with Crippen molar-refractivity contribution in [3.05, 3.63) is 12.2 Å². The van der Waals surface area contributed by atoms with E-state index in [2.05, 4.69) is 14.8 Å². The Morgan fingerprint density at radius 3 is 2.88 bits per heavy atom. The lowest BCUT2D eigenvalue weighted by Gasteiger charge is -2.21. The Kier molecular flexibility index (Phi) is 4.34. The Labute approximate surface area is 97.2 Å². The fraction of sp³-hybridized carbons (Fsp3) is 0.833. The lowest BCUT2D eigenvalue weighted by atomic mass is 9.89. The van der Waals surface area contributed by atoms with E-state index in [1.165, 1.54) is 32.1 Å². The zero-order chi connectivity index (χ0) is 11.2. The molecule has 1 aliphatic carbocycles. The number of nitrogens with two attached hydrogens (primary N) is 1. The molecule has 1 saturated carbocycles. The van der Waals surface area contributed by atoms with Crippen molar-refractivity contribution < 1.29 is 0 Å². The van der Waals surface area contributed by atoms with Crippen LogP contribution in [-0.2, 0) is 13.0 Å². The van der Waals surface area contributed by atoms with Gasteiger partial charge < -0.3 is 5.73 Å². The second kappa shape index (κ2) is 5.99. The number of aryl methyl sites for hydroxylation is 1. The SMILES string of the molecule is NCCCc1ncnn1CC1CCCCC1. The summed E-state index contributed by atoms with van der Waals surface area (Å²) >= 11 is 0. The van der Waals surface area contributed by atoms with Crippen LogP contribution in [0.1, 0.15) is 44.3 Å². The van der Waals surface area contributed by atoms with Gasteiger partial charge in [-0.15, -0.1) is 0 Å². The molecule has 0 aromatic carbocycles. The fourth-order valence-corrected chi connectivity index (χ4v) is 2.51. The first kappa shape index (κ1) is 11.6. The standard InChI is InChI=1S/C12H22N4/c13-8-4-7-12-14-10-15-16(12)9-11-5-2-1-3-6-11/h10-11H,1-9,13H2. The van der Waals surface area contributed by atoms with Crippen molar-refractivity contribution in [3.63, 3.8) is 0 Å². The maximum absolute atomic E-state index is 5.52. The largest absolute Gasteiger partial charge is 0.330 e. The van der Waals surface area contributed by atoms with Crippen LogP contribution in [0.5, 0.6) is 0 Å². The first-order valence-electron chi connectivity index (χ1n) is 6.47. The predicted molar refractivity (Wildman–Crippen MR) is 64.0 cm³/mol. The average molecular weight is 222 g/mol. The Hall–Kier alpha value is -0.900.